The van der Waals surface area contributed by atoms with E-state index in [1.807, 2.05) is 19.1 Å². The summed E-state index contributed by atoms with van der Waals surface area (Å²) in [6, 6.07) is 8.57. The molecule has 0 aliphatic rings. The van der Waals surface area contributed by atoms with E-state index in [9.17, 15) is 13.2 Å². The maximum atomic E-state index is 12.3. The maximum absolute atomic E-state index is 12.3. The van der Waals surface area contributed by atoms with Gasteiger partial charge in [0, 0.05) is 5.69 Å². The first-order valence-electron chi connectivity index (χ1n) is 5.41. The first kappa shape index (κ1) is 12.5. The smallest absolute Gasteiger partial charge is 0.416 e. The summed E-state index contributed by atoms with van der Waals surface area (Å²) in [5.41, 5.74) is -0.0288. The van der Waals surface area contributed by atoms with Crippen LogP contribution >= 0.6 is 0 Å². The Labute approximate surface area is 102 Å². The Hall–Kier alpha value is -1.91. The van der Waals surface area contributed by atoms with Crippen molar-refractivity contribution in [1.82, 2.24) is 0 Å². The molecule has 1 aromatic heterocycles. The lowest BCUT2D eigenvalue weighted by Gasteiger charge is -2.08. The van der Waals surface area contributed by atoms with E-state index in [0.717, 1.165) is 23.7 Å². The van der Waals surface area contributed by atoms with Gasteiger partial charge in [-0.15, -0.1) is 0 Å². The monoisotopic (exact) mass is 255 g/mol. The van der Waals surface area contributed by atoms with Crippen LogP contribution in [0, 0.1) is 6.92 Å². The number of benzene rings is 1. The number of anilines is 1. The lowest BCUT2D eigenvalue weighted by molar-refractivity contribution is -0.137. The molecule has 96 valence electrons. The van der Waals surface area contributed by atoms with Gasteiger partial charge in [-0.05, 0) is 43.3 Å². The molecule has 5 heteroatoms. The van der Waals surface area contributed by atoms with Crippen molar-refractivity contribution in [2.24, 2.45) is 0 Å². The molecule has 0 atom stereocenters. The molecule has 2 nitrogen and oxygen atoms in total. The van der Waals surface area contributed by atoms with Gasteiger partial charge in [0.1, 0.15) is 11.5 Å². The van der Waals surface area contributed by atoms with E-state index in [-0.39, 0.29) is 0 Å². The number of furan rings is 1. The van der Waals surface area contributed by atoms with Crippen LogP contribution in [0.3, 0.4) is 0 Å². The van der Waals surface area contributed by atoms with Gasteiger partial charge >= 0.3 is 6.18 Å². The first-order chi connectivity index (χ1) is 8.45. The zero-order chi connectivity index (χ0) is 13.2. The van der Waals surface area contributed by atoms with Crippen molar-refractivity contribution >= 4 is 5.69 Å². The summed E-state index contributed by atoms with van der Waals surface area (Å²) in [4.78, 5) is 0. The lowest BCUT2D eigenvalue weighted by atomic mass is 10.2. The van der Waals surface area contributed by atoms with Crippen LogP contribution in [0.5, 0.6) is 0 Å². The Morgan fingerprint density at radius 3 is 2.22 bits per heavy atom. The number of hydrogen-bond acceptors (Lipinski definition) is 2. The fourth-order valence-electron chi connectivity index (χ4n) is 1.55. The molecule has 0 aliphatic carbocycles. The van der Waals surface area contributed by atoms with Crippen LogP contribution < -0.4 is 5.32 Å². The van der Waals surface area contributed by atoms with Crippen LogP contribution in [0.4, 0.5) is 18.9 Å². The molecule has 0 bridgehead atoms. The molecule has 0 unspecified atom stereocenters. The second kappa shape index (κ2) is 4.76. The SMILES string of the molecule is Cc1ccc(CNc2ccc(C(F)(F)F)cc2)o1. The van der Waals surface area contributed by atoms with Gasteiger partial charge in [-0.3, -0.25) is 0 Å². The highest BCUT2D eigenvalue weighted by Gasteiger charge is 2.29. The molecule has 0 saturated heterocycles. The predicted molar refractivity (Wildman–Crippen MR) is 62.2 cm³/mol. The van der Waals surface area contributed by atoms with Gasteiger partial charge in [0.2, 0.25) is 0 Å². The zero-order valence-electron chi connectivity index (χ0n) is 9.71. The molecule has 0 radical (unpaired) electrons. The van der Waals surface area contributed by atoms with Gasteiger partial charge in [0.15, 0.2) is 0 Å². The van der Waals surface area contributed by atoms with Crippen molar-refractivity contribution in [2.75, 3.05) is 5.32 Å². The second-order valence-corrected chi connectivity index (χ2v) is 3.94. The van der Waals surface area contributed by atoms with Crippen molar-refractivity contribution in [3.05, 3.63) is 53.5 Å². The second-order valence-electron chi connectivity index (χ2n) is 3.94. The number of aryl methyl sites for hydroxylation is 1. The van der Waals surface area contributed by atoms with E-state index >= 15 is 0 Å². The normalized spacial score (nSPS) is 11.6. The summed E-state index contributed by atoms with van der Waals surface area (Å²) in [5.74, 6) is 1.55. The van der Waals surface area contributed by atoms with E-state index in [1.54, 1.807) is 0 Å². The van der Waals surface area contributed by atoms with Gasteiger partial charge in [-0.25, -0.2) is 0 Å². The van der Waals surface area contributed by atoms with E-state index in [2.05, 4.69) is 5.32 Å². The minimum absolute atomic E-state index is 0.444. The minimum Gasteiger partial charge on any atom is -0.465 e. The molecule has 2 rings (SSSR count). The van der Waals surface area contributed by atoms with E-state index < -0.39 is 11.7 Å². The fraction of sp³-hybridized carbons (Fsp3) is 0.231. The van der Waals surface area contributed by atoms with Crippen molar-refractivity contribution in [3.8, 4) is 0 Å². The summed E-state index contributed by atoms with van der Waals surface area (Å²) in [5, 5.41) is 2.99. The van der Waals surface area contributed by atoms with E-state index in [1.165, 1.54) is 12.1 Å². The van der Waals surface area contributed by atoms with Gasteiger partial charge in [-0.1, -0.05) is 0 Å². The molecule has 0 fully saturated rings. The molecule has 18 heavy (non-hydrogen) atoms. The van der Waals surface area contributed by atoms with Crippen LogP contribution in [0.2, 0.25) is 0 Å². The highest BCUT2D eigenvalue weighted by Crippen LogP contribution is 2.29. The minimum atomic E-state index is -4.29. The number of rotatable bonds is 3. The quantitative estimate of drug-likeness (QED) is 0.888. The molecule has 1 N–H and O–H groups in total. The maximum Gasteiger partial charge on any atom is 0.416 e. The Balaban J connectivity index is 1.98. The molecule has 1 aromatic carbocycles. The standard InChI is InChI=1S/C13H12F3NO/c1-9-2-7-12(18-9)8-17-11-5-3-10(4-6-11)13(14,15)16/h2-7,17H,8H2,1H3. The number of nitrogens with one attached hydrogen (secondary N) is 1. The van der Waals surface area contributed by atoms with Crippen LogP contribution in [0.1, 0.15) is 17.1 Å². The average molecular weight is 255 g/mol. The highest BCUT2D eigenvalue weighted by molar-refractivity contribution is 5.45. The molecule has 1 heterocycles. The lowest BCUT2D eigenvalue weighted by Crippen LogP contribution is -2.05. The Morgan fingerprint density at radius 2 is 1.72 bits per heavy atom. The Bertz CT molecular complexity index is 514. The molecule has 0 saturated carbocycles. The third-order valence-corrected chi connectivity index (χ3v) is 2.47. The summed E-state index contributed by atoms with van der Waals surface area (Å²) in [6.07, 6.45) is -4.29. The van der Waals surface area contributed by atoms with Crippen LogP contribution in [-0.2, 0) is 12.7 Å². The molecule has 0 aliphatic heterocycles. The van der Waals surface area contributed by atoms with Crippen LogP contribution in [0.25, 0.3) is 0 Å². The molecule has 0 amide bonds. The third kappa shape index (κ3) is 3.06. The highest BCUT2D eigenvalue weighted by atomic mass is 19.4. The largest absolute Gasteiger partial charge is 0.465 e. The van der Waals surface area contributed by atoms with Gasteiger partial charge < -0.3 is 9.73 Å². The number of hydrogen-bond donors (Lipinski definition) is 1. The van der Waals surface area contributed by atoms with Gasteiger partial charge in [0.25, 0.3) is 0 Å². The van der Waals surface area contributed by atoms with E-state index in [0.29, 0.717) is 12.2 Å². The van der Waals surface area contributed by atoms with Crippen LogP contribution in [-0.4, -0.2) is 0 Å². The zero-order valence-corrected chi connectivity index (χ0v) is 9.71. The van der Waals surface area contributed by atoms with Crippen molar-refractivity contribution in [3.63, 3.8) is 0 Å². The Kier molecular flexibility index (Phi) is 3.32. The number of alkyl halides is 3. The van der Waals surface area contributed by atoms with E-state index in [4.69, 9.17) is 4.42 Å². The Morgan fingerprint density at radius 1 is 1.06 bits per heavy atom. The molecular weight excluding hydrogens is 243 g/mol. The third-order valence-electron chi connectivity index (χ3n) is 2.47. The summed E-state index contributed by atoms with van der Waals surface area (Å²) < 4.78 is 42.4. The molecular formula is C13H12F3NO. The van der Waals surface area contributed by atoms with Gasteiger partial charge in [0.05, 0.1) is 12.1 Å². The van der Waals surface area contributed by atoms with Gasteiger partial charge in [-0.2, -0.15) is 13.2 Å². The summed E-state index contributed by atoms with van der Waals surface area (Å²) >= 11 is 0. The first-order valence-corrected chi connectivity index (χ1v) is 5.41. The summed E-state index contributed by atoms with van der Waals surface area (Å²) in [7, 11) is 0. The van der Waals surface area contributed by atoms with Crippen molar-refractivity contribution in [2.45, 2.75) is 19.6 Å². The summed E-state index contributed by atoms with van der Waals surface area (Å²) in [6.45, 7) is 2.28. The van der Waals surface area contributed by atoms with Crippen LogP contribution in [0.15, 0.2) is 40.8 Å². The predicted octanol–water partition coefficient (Wildman–Crippen LogP) is 4.22. The fourth-order valence-corrected chi connectivity index (χ4v) is 1.55. The number of halogens is 3. The molecule has 0 spiro atoms. The molecule has 2 aromatic rings. The topological polar surface area (TPSA) is 25.2 Å². The van der Waals surface area contributed by atoms with Crippen molar-refractivity contribution in [1.29, 1.82) is 0 Å². The van der Waals surface area contributed by atoms with Crippen molar-refractivity contribution < 1.29 is 17.6 Å². The average Bonchev–Trinajstić information content (AvgIpc) is 2.72.